The molecule has 4 N–H and O–H groups in total. The highest BCUT2D eigenvalue weighted by Gasteiger charge is 2.17. The van der Waals surface area contributed by atoms with E-state index in [1.54, 1.807) is 30.3 Å². The highest BCUT2D eigenvalue weighted by atomic mass is 35.5. The molecule has 0 aliphatic carbocycles. The van der Waals surface area contributed by atoms with Gasteiger partial charge in [0.2, 0.25) is 5.91 Å². The van der Waals surface area contributed by atoms with Gasteiger partial charge in [-0.25, -0.2) is 8.42 Å². The molecule has 8 nitrogen and oxygen atoms in total. The van der Waals surface area contributed by atoms with Crippen molar-refractivity contribution in [2.75, 3.05) is 16.6 Å². The molecule has 0 aliphatic heterocycles. The molecule has 3 aromatic carbocycles. The fourth-order valence-electron chi connectivity index (χ4n) is 2.54. The molecule has 0 unspecified atom stereocenters. The number of carbonyl (C=O) groups is 2. The third-order valence-corrected chi connectivity index (χ3v) is 5.73. The number of nitrogens with two attached hydrogens (primary N) is 1. The number of ether oxygens (including phenoxy) is 1. The van der Waals surface area contributed by atoms with Crippen LogP contribution in [-0.4, -0.2) is 26.8 Å². The Balaban J connectivity index is 1.61. The number of sulfonamides is 1. The van der Waals surface area contributed by atoms with Crippen LogP contribution >= 0.6 is 11.6 Å². The van der Waals surface area contributed by atoms with E-state index in [4.69, 9.17) is 22.1 Å². The van der Waals surface area contributed by atoms with E-state index >= 15 is 0 Å². The largest absolute Gasteiger partial charge is 0.482 e. The van der Waals surface area contributed by atoms with Gasteiger partial charge in [0, 0.05) is 16.9 Å². The molecule has 160 valence electrons. The predicted octanol–water partition coefficient (Wildman–Crippen LogP) is 3.26. The summed E-state index contributed by atoms with van der Waals surface area (Å²) >= 11 is 6.14. The topological polar surface area (TPSA) is 128 Å². The molecule has 10 heteroatoms. The van der Waals surface area contributed by atoms with Crippen LogP contribution in [0.25, 0.3) is 0 Å². The lowest BCUT2D eigenvalue weighted by Gasteiger charge is -2.11. The van der Waals surface area contributed by atoms with Crippen LogP contribution in [0.5, 0.6) is 5.75 Å². The number of nitrogens with one attached hydrogen (secondary N) is 2. The molecule has 0 bridgehead atoms. The van der Waals surface area contributed by atoms with Crippen LogP contribution in [0.2, 0.25) is 5.02 Å². The van der Waals surface area contributed by atoms with Gasteiger partial charge in [0.15, 0.2) is 6.61 Å². The van der Waals surface area contributed by atoms with Crippen molar-refractivity contribution < 1.29 is 22.7 Å². The van der Waals surface area contributed by atoms with Crippen molar-refractivity contribution in [3.8, 4) is 5.75 Å². The summed E-state index contributed by atoms with van der Waals surface area (Å²) in [5.74, 6) is -0.884. The van der Waals surface area contributed by atoms with E-state index in [2.05, 4.69) is 10.0 Å². The predicted molar refractivity (Wildman–Crippen MR) is 118 cm³/mol. The molecular weight excluding hydrogens is 442 g/mol. The molecule has 0 fully saturated rings. The van der Waals surface area contributed by atoms with Crippen molar-refractivity contribution in [2.24, 2.45) is 5.73 Å². The molecule has 3 rings (SSSR count). The average molecular weight is 460 g/mol. The molecular formula is C21H18ClN3O5S. The lowest BCUT2D eigenvalue weighted by atomic mass is 10.2. The average Bonchev–Trinajstić information content (AvgIpc) is 2.73. The van der Waals surface area contributed by atoms with Gasteiger partial charge in [0.05, 0.1) is 9.92 Å². The van der Waals surface area contributed by atoms with E-state index in [1.165, 1.54) is 42.5 Å². The van der Waals surface area contributed by atoms with E-state index in [-0.39, 0.29) is 22.3 Å². The second-order valence-corrected chi connectivity index (χ2v) is 8.43. The minimum atomic E-state index is -3.84. The molecule has 0 spiro atoms. The number of halogens is 1. The molecule has 0 saturated heterocycles. The van der Waals surface area contributed by atoms with Crippen molar-refractivity contribution in [1.82, 2.24) is 0 Å². The van der Waals surface area contributed by atoms with Crippen LogP contribution in [-0.2, 0) is 14.8 Å². The van der Waals surface area contributed by atoms with Crippen molar-refractivity contribution >= 4 is 44.8 Å². The van der Waals surface area contributed by atoms with Gasteiger partial charge in [-0.1, -0.05) is 29.8 Å². The van der Waals surface area contributed by atoms with Gasteiger partial charge in [0.25, 0.3) is 15.9 Å². The minimum Gasteiger partial charge on any atom is -0.482 e. The highest BCUT2D eigenvalue weighted by Crippen LogP contribution is 2.28. The maximum absolute atomic E-state index is 12.5. The standard InChI is InChI=1S/C21H18ClN3O5S/c22-18-12-17(31(28,29)25-16-4-2-1-3-5-16)10-11-19(18)30-13-20(26)24-15-8-6-14(7-9-15)21(23)27/h1-12,25H,13H2,(H2,23,27)(H,24,26). The Labute approximate surface area is 184 Å². The Morgan fingerprint density at radius 3 is 2.23 bits per heavy atom. The molecule has 0 aliphatic rings. The number of benzene rings is 3. The number of anilines is 2. The Hall–Kier alpha value is -3.56. The van der Waals surface area contributed by atoms with E-state index in [0.29, 0.717) is 16.9 Å². The van der Waals surface area contributed by atoms with Crippen LogP contribution in [0.1, 0.15) is 10.4 Å². The van der Waals surface area contributed by atoms with Crippen molar-refractivity contribution in [3.05, 3.63) is 83.4 Å². The number of hydrogen-bond donors (Lipinski definition) is 3. The third-order valence-electron chi connectivity index (χ3n) is 4.05. The zero-order valence-electron chi connectivity index (χ0n) is 16.0. The normalized spacial score (nSPS) is 10.9. The molecule has 0 aromatic heterocycles. The quantitative estimate of drug-likeness (QED) is 0.476. The molecule has 0 saturated carbocycles. The smallest absolute Gasteiger partial charge is 0.262 e. The van der Waals surface area contributed by atoms with E-state index < -0.39 is 21.8 Å². The zero-order valence-corrected chi connectivity index (χ0v) is 17.6. The van der Waals surface area contributed by atoms with E-state index in [0.717, 1.165) is 0 Å². The summed E-state index contributed by atoms with van der Waals surface area (Å²) in [6.45, 7) is -0.356. The fraction of sp³-hybridized carbons (Fsp3) is 0.0476. The SMILES string of the molecule is NC(=O)c1ccc(NC(=O)COc2ccc(S(=O)(=O)Nc3ccccc3)cc2Cl)cc1. The second kappa shape index (κ2) is 9.50. The van der Waals surface area contributed by atoms with E-state index in [1.807, 2.05) is 0 Å². The van der Waals surface area contributed by atoms with Crippen LogP contribution in [0.15, 0.2) is 77.7 Å². The maximum Gasteiger partial charge on any atom is 0.262 e. The third kappa shape index (κ3) is 5.97. The van der Waals surface area contributed by atoms with Gasteiger partial charge in [-0.2, -0.15) is 0 Å². The first-order valence-electron chi connectivity index (χ1n) is 8.94. The van der Waals surface area contributed by atoms with Crippen molar-refractivity contribution in [3.63, 3.8) is 0 Å². The zero-order chi connectivity index (χ0) is 22.4. The van der Waals surface area contributed by atoms with Gasteiger partial charge in [-0.3, -0.25) is 14.3 Å². The number of amides is 2. The van der Waals surface area contributed by atoms with Crippen LogP contribution < -0.4 is 20.5 Å². The summed E-state index contributed by atoms with van der Waals surface area (Å²) in [5.41, 5.74) is 6.36. The number of carbonyl (C=O) groups excluding carboxylic acids is 2. The van der Waals surface area contributed by atoms with Crippen LogP contribution in [0.3, 0.4) is 0 Å². The number of para-hydroxylation sites is 1. The van der Waals surface area contributed by atoms with Gasteiger partial charge >= 0.3 is 0 Å². The minimum absolute atomic E-state index is 0.0366. The second-order valence-electron chi connectivity index (χ2n) is 6.34. The summed E-state index contributed by atoms with van der Waals surface area (Å²) in [7, 11) is -3.84. The lowest BCUT2D eigenvalue weighted by Crippen LogP contribution is -2.20. The molecule has 31 heavy (non-hydrogen) atoms. The monoisotopic (exact) mass is 459 g/mol. The van der Waals surface area contributed by atoms with Crippen LogP contribution in [0.4, 0.5) is 11.4 Å². The Kier molecular flexibility index (Phi) is 6.78. The van der Waals surface area contributed by atoms with Crippen molar-refractivity contribution in [2.45, 2.75) is 4.90 Å². The maximum atomic E-state index is 12.5. The summed E-state index contributed by atoms with van der Waals surface area (Å²) in [4.78, 5) is 23.1. The fourth-order valence-corrected chi connectivity index (χ4v) is 3.93. The molecule has 0 heterocycles. The lowest BCUT2D eigenvalue weighted by molar-refractivity contribution is -0.118. The van der Waals surface area contributed by atoms with Gasteiger partial charge < -0.3 is 15.8 Å². The first kappa shape index (κ1) is 22.1. The molecule has 0 atom stereocenters. The Morgan fingerprint density at radius 1 is 0.935 bits per heavy atom. The van der Waals surface area contributed by atoms with Gasteiger partial charge in [-0.05, 0) is 54.6 Å². The first-order valence-corrected chi connectivity index (χ1v) is 10.8. The Morgan fingerprint density at radius 2 is 1.61 bits per heavy atom. The summed E-state index contributed by atoms with van der Waals surface area (Å²) < 4.78 is 32.8. The summed E-state index contributed by atoms with van der Waals surface area (Å²) in [5, 5.41) is 2.63. The molecule has 2 amide bonds. The summed E-state index contributed by atoms with van der Waals surface area (Å²) in [6.07, 6.45) is 0. The number of primary amides is 1. The van der Waals surface area contributed by atoms with Crippen LogP contribution in [0, 0.1) is 0 Å². The molecule has 3 aromatic rings. The number of hydrogen-bond acceptors (Lipinski definition) is 5. The first-order chi connectivity index (χ1) is 14.7. The molecule has 0 radical (unpaired) electrons. The Bertz CT molecular complexity index is 1200. The van der Waals surface area contributed by atoms with Crippen molar-refractivity contribution in [1.29, 1.82) is 0 Å². The number of rotatable bonds is 8. The summed E-state index contributed by atoms with van der Waals surface area (Å²) in [6, 6.07) is 18.4. The highest BCUT2D eigenvalue weighted by molar-refractivity contribution is 7.92. The van der Waals surface area contributed by atoms with Gasteiger partial charge in [-0.15, -0.1) is 0 Å². The van der Waals surface area contributed by atoms with Gasteiger partial charge in [0.1, 0.15) is 5.75 Å². The van der Waals surface area contributed by atoms with E-state index in [9.17, 15) is 18.0 Å².